The highest BCUT2D eigenvalue weighted by molar-refractivity contribution is 7.89. The van der Waals surface area contributed by atoms with Crippen LogP contribution in [0.15, 0.2) is 71.9 Å². The third-order valence-corrected chi connectivity index (χ3v) is 8.86. The van der Waals surface area contributed by atoms with Crippen molar-refractivity contribution in [3.63, 3.8) is 0 Å². The smallest absolute Gasteiger partial charge is 0.247 e. The van der Waals surface area contributed by atoms with Crippen LogP contribution >= 0.6 is 0 Å². The zero-order valence-electron chi connectivity index (χ0n) is 22.6. The van der Waals surface area contributed by atoms with Crippen LogP contribution in [0.4, 0.5) is 4.39 Å². The fourth-order valence-electron chi connectivity index (χ4n) is 4.41. The number of hydrogen-bond acceptors (Lipinski definition) is 6. The Labute approximate surface area is 234 Å². The summed E-state index contributed by atoms with van der Waals surface area (Å²) in [6.45, 7) is 3.42. The van der Waals surface area contributed by atoms with E-state index in [0.29, 0.717) is 5.56 Å². The van der Waals surface area contributed by atoms with Gasteiger partial charge in [-0.3, -0.25) is 9.78 Å². The van der Waals surface area contributed by atoms with Crippen LogP contribution < -0.4 is 4.74 Å². The fourth-order valence-corrected chi connectivity index (χ4v) is 6.23. The van der Waals surface area contributed by atoms with Crippen molar-refractivity contribution in [2.45, 2.75) is 37.3 Å². The number of benzene rings is 2. The van der Waals surface area contributed by atoms with Crippen LogP contribution in [-0.2, 0) is 21.2 Å². The molecular formula is C30H32FN3O5S. The number of carbonyl (C=O) groups is 1. The lowest BCUT2D eigenvalue weighted by molar-refractivity contribution is -0.130. The Morgan fingerprint density at radius 2 is 2.00 bits per heavy atom. The molecule has 4 rings (SSSR count). The second kappa shape index (κ2) is 12.6. The number of fused-ring (bicyclic) bond motifs is 1. The summed E-state index contributed by atoms with van der Waals surface area (Å²) in [7, 11) is -2.36. The molecule has 0 saturated carbocycles. The summed E-state index contributed by atoms with van der Waals surface area (Å²) in [6, 6.07) is 13.5. The van der Waals surface area contributed by atoms with Gasteiger partial charge in [0, 0.05) is 43.5 Å². The normalized spacial score (nSPS) is 19.1. The average Bonchev–Trinajstić information content (AvgIpc) is 2.94. The molecule has 2 heterocycles. The van der Waals surface area contributed by atoms with E-state index in [1.54, 1.807) is 61.6 Å². The standard InChI is InChI=1S/C30H32FN3O5S/c1-21-18-34(22(2)20-35)40(37,38)29-13-11-23(10-12-25-8-4-5-9-26(25)31)15-27(29)39-28(21)19-33(3)30(36)16-24-7-6-14-32-17-24/h4-9,11,13-15,17,21-22,28,35H,16,18-20H2,1-3H3/t21-,22-,28-/m1/s1. The topological polar surface area (TPSA) is 100 Å². The van der Waals surface area contributed by atoms with Crippen molar-refractivity contribution < 1.29 is 27.4 Å². The number of hydrogen-bond donors (Lipinski definition) is 1. The van der Waals surface area contributed by atoms with Gasteiger partial charge in [0.15, 0.2) is 0 Å². The van der Waals surface area contributed by atoms with Gasteiger partial charge in [-0.15, -0.1) is 0 Å². The number of pyridine rings is 1. The Hall–Kier alpha value is -3.78. The molecule has 0 bridgehead atoms. The van der Waals surface area contributed by atoms with Gasteiger partial charge >= 0.3 is 0 Å². The number of halogens is 1. The predicted molar refractivity (Wildman–Crippen MR) is 148 cm³/mol. The second-order valence-electron chi connectivity index (χ2n) is 9.94. The highest BCUT2D eigenvalue weighted by atomic mass is 32.2. The minimum absolute atomic E-state index is 0.0644. The molecule has 210 valence electrons. The largest absolute Gasteiger partial charge is 0.487 e. The molecule has 0 spiro atoms. The minimum Gasteiger partial charge on any atom is -0.487 e. The molecule has 3 atom stereocenters. The van der Waals surface area contributed by atoms with E-state index >= 15 is 0 Å². The molecule has 10 heteroatoms. The Morgan fingerprint density at radius 3 is 2.70 bits per heavy atom. The average molecular weight is 566 g/mol. The lowest BCUT2D eigenvalue weighted by Crippen LogP contribution is -2.50. The summed E-state index contributed by atoms with van der Waals surface area (Å²) < 4.78 is 49.0. The monoisotopic (exact) mass is 565 g/mol. The summed E-state index contributed by atoms with van der Waals surface area (Å²) in [6.07, 6.45) is 2.88. The second-order valence-corrected chi connectivity index (χ2v) is 11.8. The highest BCUT2D eigenvalue weighted by Crippen LogP contribution is 2.34. The number of sulfonamides is 1. The van der Waals surface area contributed by atoms with Gasteiger partial charge in [0.25, 0.3) is 0 Å². The van der Waals surface area contributed by atoms with E-state index < -0.39 is 28.0 Å². The maximum atomic E-state index is 14.1. The van der Waals surface area contributed by atoms with E-state index in [4.69, 9.17) is 4.74 Å². The van der Waals surface area contributed by atoms with Gasteiger partial charge in [0.05, 0.1) is 25.1 Å². The Morgan fingerprint density at radius 1 is 1.23 bits per heavy atom. The molecule has 1 aliphatic rings. The van der Waals surface area contributed by atoms with E-state index in [1.807, 2.05) is 13.0 Å². The maximum Gasteiger partial charge on any atom is 0.247 e. The van der Waals surface area contributed by atoms with Crippen molar-refractivity contribution in [3.8, 4) is 17.6 Å². The van der Waals surface area contributed by atoms with Crippen molar-refractivity contribution >= 4 is 15.9 Å². The summed E-state index contributed by atoms with van der Waals surface area (Å²) in [5.41, 5.74) is 1.43. The first-order valence-electron chi connectivity index (χ1n) is 12.9. The highest BCUT2D eigenvalue weighted by Gasteiger charge is 2.38. The molecule has 0 aliphatic carbocycles. The van der Waals surface area contributed by atoms with Gasteiger partial charge in [0.1, 0.15) is 22.6 Å². The first-order valence-corrected chi connectivity index (χ1v) is 14.4. The molecular weight excluding hydrogens is 533 g/mol. The van der Waals surface area contributed by atoms with Crippen LogP contribution in [0.25, 0.3) is 0 Å². The Bertz CT molecular complexity index is 1520. The van der Waals surface area contributed by atoms with Gasteiger partial charge in [0.2, 0.25) is 15.9 Å². The quantitative estimate of drug-likeness (QED) is 0.461. The number of ether oxygens (including phenoxy) is 1. The van der Waals surface area contributed by atoms with Crippen molar-refractivity contribution in [3.05, 3.63) is 89.5 Å². The van der Waals surface area contributed by atoms with Gasteiger partial charge in [-0.2, -0.15) is 4.31 Å². The first kappa shape index (κ1) is 29.2. The molecule has 1 aliphatic heterocycles. The van der Waals surface area contributed by atoms with Crippen LogP contribution in [0.5, 0.6) is 5.75 Å². The van der Waals surface area contributed by atoms with Crippen molar-refractivity contribution in [1.82, 2.24) is 14.2 Å². The number of amides is 1. The van der Waals surface area contributed by atoms with Crippen LogP contribution in [0, 0.1) is 23.6 Å². The summed E-state index contributed by atoms with van der Waals surface area (Å²) >= 11 is 0. The van der Waals surface area contributed by atoms with Gasteiger partial charge < -0.3 is 14.7 Å². The lowest BCUT2D eigenvalue weighted by Gasteiger charge is -2.37. The summed E-state index contributed by atoms with van der Waals surface area (Å²) in [5, 5.41) is 9.84. The molecule has 1 amide bonds. The summed E-state index contributed by atoms with van der Waals surface area (Å²) in [4.78, 5) is 18.5. The van der Waals surface area contributed by atoms with Gasteiger partial charge in [-0.1, -0.05) is 37.0 Å². The molecule has 0 saturated heterocycles. The molecule has 1 aromatic heterocycles. The summed E-state index contributed by atoms with van der Waals surface area (Å²) in [5.74, 6) is 4.82. The van der Waals surface area contributed by atoms with Crippen molar-refractivity contribution in [2.24, 2.45) is 5.92 Å². The van der Waals surface area contributed by atoms with E-state index in [2.05, 4.69) is 16.8 Å². The molecule has 1 N–H and O–H groups in total. The van der Waals surface area contributed by atoms with E-state index in [9.17, 15) is 22.7 Å². The van der Waals surface area contributed by atoms with E-state index in [-0.39, 0.29) is 54.2 Å². The third-order valence-electron chi connectivity index (χ3n) is 6.84. The SMILES string of the molecule is C[C@@H]1CN([C@H](C)CO)S(=O)(=O)c2ccc(C#Cc3ccccc3F)cc2O[C@@H]1CN(C)C(=O)Cc1cccnc1. The number of aliphatic hydroxyl groups excluding tert-OH is 1. The van der Waals surface area contributed by atoms with Gasteiger partial charge in [-0.25, -0.2) is 12.8 Å². The number of aromatic nitrogens is 1. The zero-order valence-corrected chi connectivity index (χ0v) is 23.4. The number of rotatable bonds is 6. The fraction of sp³-hybridized carbons (Fsp3) is 0.333. The van der Waals surface area contributed by atoms with Gasteiger partial charge in [-0.05, 0) is 48.9 Å². The van der Waals surface area contributed by atoms with Crippen molar-refractivity contribution in [1.29, 1.82) is 0 Å². The zero-order chi connectivity index (χ0) is 28.9. The molecule has 0 fully saturated rings. The van der Waals surface area contributed by atoms with Crippen LogP contribution in [0.2, 0.25) is 0 Å². The van der Waals surface area contributed by atoms with Crippen LogP contribution in [-0.4, -0.2) is 72.5 Å². The molecule has 2 aromatic carbocycles. The molecule has 3 aromatic rings. The van der Waals surface area contributed by atoms with E-state index in [0.717, 1.165) is 5.56 Å². The molecule has 8 nitrogen and oxygen atoms in total. The molecule has 0 unspecified atom stereocenters. The Balaban J connectivity index is 1.68. The molecule has 40 heavy (non-hydrogen) atoms. The van der Waals surface area contributed by atoms with Crippen LogP contribution in [0.3, 0.4) is 0 Å². The number of carbonyl (C=O) groups excluding carboxylic acids is 1. The number of aliphatic hydroxyl groups is 1. The first-order chi connectivity index (χ1) is 19.1. The predicted octanol–water partition coefficient (Wildman–Crippen LogP) is 3.09. The number of likely N-dealkylation sites (N-methyl/N-ethyl adjacent to an activating group) is 1. The maximum absolute atomic E-state index is 14.1. The Kier molecular flexibility index (Phi) is 9.20. The lowest BCUT2D eigenvalue weighted by atomic mass is 10.0. The van der Waals surface area contributed by atoms with Crippen LogP contribution in [0.1, 0.15) is 30.5 Å². The minimum atomic E-state index is -4.03. The third kappa shape index (κ3) is 6.67. The van der Waals surface area contributed by atoms with Crippen molar-refractivity contribution in [2.75, 3.05) is 26.7 Å². The molecule has 0 radical (unpaired) electrons. The van der Waals surface area contributed by atoms with E-state index in [1.165, 1.54) is 22.5 Å². The number of nitrogens with zero attached hydrogens (tertiary/aromatic N) is 3.